The lowest BCUT2D eigenvalue weighted by Crippen LogP contribution is -2.43. The van der Waals surface area contributed by atoms with Crippen LogP contribution in [0.3, 0.4) is 0 Å². The summed E-state index contributed by atoms with van der Waals surface area (Å²) in [6.07, 6.45) is 3.54. The second kappa shape index (κ2) is 8.79. The van der Waals surface area contributed by atoms with E-state index in [2.05, 4.69) is 35.9 Å². The van der Waals surface area contributed by atoms with Crippen molar-refractivity contribution >= 4 is 5.96 Å². The maximum absolute atomic E-state index is 6.17. The van der Waals surface area contributed by atoms with E-state index in [1.54, 1.807) is 0 Å². The van der Waals surface area contributed by atoms with Crippen LogP contribution in [0.15, 0.2) is 29.3 Å². The first kappa shape index (κ1) is 16.8. The van der Waals surface area contributed by atoms with Crippen molar-refractivity contribution < 1.29 is 4.74 Å². The molecule has 1 aromatic rings. The Kier molecular flexibility index (Phi) is 6.72. The van der Waals surface area contributed by atoms with Crippen molar-refractivity contribution in [3.05, 3.63) is 35.4 Å². The quantitative estimate of drug-likeness (QED) is 0.499. The first-order valence-corrected chi connectivity index (χ1v) is 8.40. The van der Waals surface area contributed by atoms with Crippen molar-refractivity contribution in [1.29, 1.82) is 0 Å². The fourth-order valence-electron chi connectivity index (χ4n) is 2.84. The minimum atomic E-state index is 0.627. The second-order valence-corrected chi connectivity index (χ2v) is 6.19. The zero-order valence-corrected chi connectivity index (χ0v) is 13.9. The summed E-state index contributed by atoms with van der Waals surface area (Å²) >= 11 is 0. The SMILES string of the molecule is CCCOCc1ccccc1CN=C(N)N1CCCC(C)C1. The molecule has 1 fully saturated rings. The number of guanidine groups is 1. The van der Waals surface area contributed by atoms with Crippen molar-refractivity contribution in [2.24, 2.45) is 16.6 Å². The molecule has 1 aromatic carbocycles. The highest BCUT2D eigenvalue weighted by Gasteiger charge is 2.17. The number of piperidine rings is 1. The summed E-state index contributed by atoms with van der Waals surface area (Å²) in [6.45, 7) is 8.53. The van der Waals surface area contributed by atoms with Crippen LogP contribution >= 0.6 is 0 Å². The largest absolute Gasteiger partial charge is 0.377 e. The molecule has 4 nitrogen and oxygen atoms in total. The Morgan fingerprint density at radius 3 is 2.86 bits per heavy atom. The Labute approximate surface area is 134 Å². The fraction of sp³-hybridized carbons (Fsp3) is 0.611. The molecule has 0 spiro atoms. The molecule has 4 heteroatoms. The average molecular weight is 303 g/mol. The minimum Gasteiger partial charge on any atom is -0.377 e. The standard InChI is InChI=1S/C18H29N3O/c1-3-11-22-14-17-9-5-4-8-16(17)12-20-18(19)21-10-6-7-15(2)13-21/h4-5,8-9,15H,3,6-7,10-14H2,1-2H3,(H2,19,20). The van der Waals surface area contributed by atoms with Crippen LogP contribution < -0.4 is 5.73 Å². The lowest BCUT2D eigenvalue weighted by Gasteiger charge is -2.31. The monoisotopic (exact) mass is 303 g/mol. The molecule has 1 heterocycles. The minimum absolute atomic E-state index is 0.627. The molecule has 1 atom stereocenters. The van der Waals surface area contributed by atoms with Crippen LogP contribution in [-0.2, 0) is 17.9 Å². The van der Waals surface area contributed by atoms with Gasteiger partial charge in [-0.1, -0.05) is 38.1 Å². The summed E-state index contributed by atoms with van der Waals surface area (Å²) in [4.78, 5) is 6.82. The van der Waals surface area contributed by atoms with Gasteiger partial charge in [-0.15, -0.1) is 0 Å². The van der Waals surface area contributed by atoms with E-state index in [0.29, 0.717) is 25.0 Å². The van der Waals surface area contributed by atoms with Crippen molar-refractivity contribution in [2.45, 2.75) is 46.3 Å². The number of hydrogen-bond donors (Lipinski definition) is 1. The molecule has 1 aliphatic rings. The number of hydrogen-bond acceptors (Lipinski definition) is 2. The van der Waals surface area contributed by atoms with E-state index in [9.17, 15) is 0 Å². The molecule has 22 heavy (non-hydrogen) atoms. The predicted molar refractivity (Wildman–Crippen MR) is 91.7 cm³/mol. The number of nitrogens with two attached hydrogens (primary N) is 1. The molecule has 122 valence electrons. The van der Waals surface area contributed by atoms with Gasteiger partial charge in [0.05, 0.1) is 13.2 Å². The van der Waals surface area contributed by atoms with Crippen molar-refractivity contribution in [1.82, 2.24) is 4.90 Å². The number of likely N-dealkylation sites (tertiary alicyclic amines) is 1. The molecule has 1 unspecified atom stereocenters. The molecule has 1 aliphatic heterocycles. The van der Waals surface area contributed by atoms with Crippen LogP contribution in [0.1, 0.15) is 44.2 Å². The summed E-state index contributed by atoms with van der Waals surface area (Å²) in [7, 11) is 0. The molecule has 0 aromatic heterocycles. The Morgan fingerprint density at radius 2 is 2.14 bits per heavy atom. The molecule has 0 bridgehead atoms. The van der Waals surface area contributed by atoms with Gasteiger partial charge < -0.3 is 15.4 Å². The third-order valence-electron chi connectivity index (χ3n) is 4.12. The third-order valence-corrected chi connectivity index (χ3v) is 4.12. The Morgan fingerprint density at radius 1 is 1.36 bits per heavy atom. The summed E-state index contributed by atoms with van der Waals surface area (Å²) in [6, 6.07) is 8.32. The summed E-state index contributed by atoms with van der Waals surface area (Å²) in [5.41, 5.74) is 8.58. The number of aliphatic imine (C=N–C) groups is 1. The summed E-state index contributed by atoms with van der Waals surface area (Å²) in [5.74, 6) is 1.38. The topological polar surface area (TPSA) is 50.9 Å². The van der Waals surface area contributed by atoms with Gasteiger partial charge in [0.2, 0.25) is 0 Å². The highest BCUT2D eigenvalue weighted by molar-refractivity contribution is 5.78. The van der Waals surface area contributed by atoms with Gasteiger partial charge >= 0.3 is 0 Å². The fourth-order valence-corrected chi connectivity index (χ4v) is 2.84. The molecule has 2 N–H and O–H groups in total. The van der Waals surface area contributed by atoms with E-state index >= 15 is 0 Å². The van der Waals surface area contributed by atoms with Crippen molar-refractivity contribution in [3.63, 3.8) is 0 Å². The van der Waals surface area contributed by atoms with Crippen LogP contribution in [0.2, 0.25) is 0 Å². The molecular weight excluding hydrogens is 274 g/mol. The number of ether oxygens (including phenoxy) is 1. The van der Waals surface area contributed by atoms with Gasteiger partial charge in [-0.05, 0) is 36.3 Å². The lowest BCUT2D eigenvalue weighted by molar-refractivity contribution is 0.121. The van der Waals surface area contributed by atoms with E-state index in [4.69, 9.17) is 10.5 Å². The van der Waals surface area contributed by atoms with Crippen LogP contribution in [0.4, 0.5) is 0 Å². The van der Waals surface area contributed by atoms with Crippen molar-refractivity contribution in [3.8, 4) is 0 Å². The number of nitrogens with zero attached hydrogens (tertiary/aromatic N) is 2. The zero-order valence-electron chi connectivity index (χ0n) is 13.9. The highest BCUT2D eigenvalue weighted by Crippen LogP contribution is 2.16. The molecule has 2 rings (SSSR count). The van der Waals surface area contributed by atoms with Crippen LogP contribution in [0.25, 0.3) is 0 Å². The van der Waals surface area contributed by atoms with Crippen LogP contribution in [-0.4, -0.2) is 30.6 Å². The van der Waals surface area contributed by atoms with Crippen LogP contribution in [0, 0.1) is 5.92 Å². The van der Waals surface area contributed by atoms with Gasteiger partial charge in [-0.25, -0.2) is 4.99 Å². The van der Waals surface area contributed by atoms with E-state index in [1.807, 2.05) is 12.1 Å². The van der Waals surface area contributed by atoms with E-state index in [-0.39, 0.29) is 0 Å². The molecule has 0 radical (unpaired) electrons. The van der Waals surface area contributed by atoms with E-state index in [1.165, 1.54) is 24.0 Å². The first-order chi connectivity index (χ1) is 10.7. The molecule has 0 aliphatic carbocycles. The zero-order chi connectivity index (χ0) is 15.8. The van der Waals surface area contributed by atoms with E-state index < -0.39 is 0 Å². The normalized spacial score (nSPS) is 19.5. The Balaban J connectivity index is 1.96. The Hall–Kier alpha value is -1.55. The van der Waals surface area contributed by atoms with E-state index in [0.717, 1.165) is 26.1 Å². The van der Waals surface area contributed by atoms with Crippen LogP contribution in [0.5, 0.6) is 0 Å². The number of benzene rings is 1. The molecular formula is C18H29N3O. The van der Waals surface area contributed by atoms with Gasteiger partial charge in [-0.3, -0.25) is 0 Å². The Bertz CT molecular complexity index is 487. The lowest BCUT2D eigenvalue weighted by atomic mass is 10.0. The van der Waals surface area contributed by atoms with Crippen molar-refractivity contribution in [2.75, 3.05) is 19.7 Å². The maximum atomic E-state index is 6.17. The molecule has 0 amide bonds. The van der Waals surface area contributed by atoms with Gasteiger partial charge in [-0.2, -0.15) is 0 Å². The highest BCUT2D eigenvalue weighted by atomic mass is 16.5. The smallest absolute Gasteiger partial charge is 0.191 e. The summed E-state index contributed by atoms with van der Waals surface area (Å²) < 4.78 is 5.66. The molecule has 1 saturated heterocycles. The molecule has 0 saturated carbocycles. The average Bonchev–Trinajstić information content (AvgIpc) is 2.54. The van der Waals surface area contributed by atoms with Gasteiger partial charge in [0.1, 0.15) is 0 Å². The first-order valence-electron chi connectivity index (χ1n) is 8.40. The predicted octanol–water partition coefficient (Wildman–Crippen LogP) is 3.16. The summed E-state index contributed by atoms with van der Waals surface area (Å²) in [5, 5.41) is 0. The third kappa shape index (κ3) is 5.02. The maximum Gasteiger partial charge on any atom is 0.191 e. The van der Waals surface area contributed by atoms with Gasteiger partial charge in [0.25, 0.3) is 0 Å². The van der Waals surface area contributed by atoms with Gasteiger partial charge in [0, 0.05) is 19.7 Å². The van der Waals surface area contributed by atoms with Gasteiger partial charge in [0.15, 0.2) is 5.96 Å². The second-order valence-electron chi connectivity index (χ2n) is 6.19. The number of rotatable bonds is 6.